The number of rotatable bonds is 8. The topological polar surface area (TPSA) is 50.1 Å². The van der Waals surface area contributed by atoms with Gasteiger partial charge in [-0.25, -0.2) is 0 Å². The summed E-state index contributed by atoms with van der Waals surface area (Å²) in [6.45, 7) is 2.55. The van der Waals surface area contributed by atoms with Crippen LogP contribution in [0.5, 0.6) is 0 Å². The average Bonchev–Trinajstić information content (AvgIpc) is 2.84. The Morgan fingerprint density at radius 3 is 2.32 bits per heavy atom. The van der Waals surface area contributed by atoms with E-state index in [1.54, 1.807) is 0 Å². The van der Waals surface area contributed by atoms with Crippen molar-refractivity contribution in [3.05, 3.63) is 47.8 Å². The lowest BCUT2D eigenvalue weighted by atomic mass is 9.91. The zero-order valence-electron chi connectivity index (χ0n) is 13.7. The molecule has 1 aliphatic carbocycles. The molecule has 4 N–H and O–H groups in total. The molecule has 0 aliphatic heterocycles. The van der Waals surface area contributed by atoms with Crippen molar-refractivity contribution in [3.8, 4) is 0 Å². The van der Waals surface area contributed by atoms with Gasteiger partial charge in [-0.2, -0.15) is 0 Å². The summed E-state index contributed by atoms with van der Waals surface area (Å²) in [5.74, 6) is 0.788. The second-order valence-electron chi connectivity index (χ2n) is 6.24. The molecular formula is C19H31N3. The number of nitrogens with one attached hydrogen (secondary N) is 2. The minimum absolute atomic E-state index is 0.738. The molecule has 3 heteroatoms. The van der Waals surface area contributed by atoms with E-state index in [0.29, 0.717) is 0 Å². The summed E-state index contributed by atoms with van der Waals surface area (Å²) in [6, 6.07) is 9.19. The summed E-state index contributed by atoms with van der Waals surface area (Å²) >= 11 is 0. The Balaban J connectivity index is 1.72. The fourth-order valence-corrected chi connectivity index (χ4v) is 3.10. The number of hydrogen-bond donors (Lipinski definition) is 3. The van der Waals surface area contributed by atoms with E-state index >= 15 is 0 Å². The number of benzene rings is 1. The summed E-state index contributed by atoms with van der Waals surface area (Å²) in [6.07, 6.45) is 13.3. The summed E-state index contributed by atoms with van der Waals surface area (Å²) in [5.41, 5.74) is 8.31. The molecule has 3 nitrogen and oxygen atoms in total. The number of nitrogens with two attached hydrogens (primary N) is 1. The maximum Gasteiger partial charge on any atom is 0.0395 e. The molecule has 0 radical (unpaired) electrons. The molecule has 22 heavy (non-hydrogen) atoms. The molecule has 1 aromatic rings. The quantitative estimate of drug-likeness (QED) is 0.508. The summed E-state index contributed by atoms with van der Waals surface area (Å²) in [4.78, 5) is 0. The molecule has 0 saturated heterocycles. The second kappa shape index (κ2) is 10.3. The fourth-order valence-electron chi connectivity index (χ4n) is 3.10. The first-order valence-corrected chi connectivity index (χ1v) is 8.81. The highest BCUT2D eigenvalue weighted by atomic mass is 14.9. The molecule has 0 unspecified atom stereocenters. The first kappa shape index (κ1) is 16.9. The van der Waals surface area contributed by atoms with Gasteiger partial charge >= 0.3 is 0 Å². The molecule has 2 rings (SSSR count). The van der Waals surface area contributed by atoms with Crippen molar-refractivity contribution in [1.29, 1.82) is 0 Å². The Labute approximate surface area is 135 Å². The van der Waals surface area contributed by atoms with Gasteiger partial charge in [0, 0.05) is 25.5 Å². The highest BCUT2D eigenvalue weighted by molar-refractivity contribution is 5.25. The van der Waals surface area contributed by atoms with E-state index in [1.165, 1.54) is 49.7 Å². The van der Waals surface area contributed by atoms with Crippen LogP contribution in [0.1, 0.15) is 62.0 Å². The zero-order valence-corrected chi connectivity index (χ0v) is 13.7. The van der Waals surface area contributed by atoms with E-state index in [2.05, 4.69) is 34.9 Å². The molecular weight excluding hydrogens is 270 g/mol. The van der Waals surface area contributed by atoms with Crippen molar-refractivity contribution in [3.63, 3.8) is 0 Å². The third kappa shape index (κ3) is 6.10. The third-order valence-corrected chi connectivity index (χ3v) is 4.46. The molecule has 0 spiro atoms. The van der Waals surface area contributed by atoms with Gasteiger partial charge in [0.15, 0.2) is 0 Å². The maximum absolute atomic E-state index is 5.44. The van der Waals surface area contributed by atoms with E-state index in [1.807, 2.05) is 12.4 Å². The molecule has 1 aliphatic rings. The van der Waals surface area contributed by atoms with Crippen molar-refractivity contribution in [2.24, 2.45) is 5.73 Å². The van der Waals surface area contributed by atoms with Gasteiger partial charge in [0.05, 0.1) is 0 Å². The van der Waals surface area contributed by atoms with Crippen LogP contribution in [-0.2, 0) is 6.54 Å². The molecule has 122 valence electrons. The fraction of sp³-hybridized carbons (Fsp3) is 0.579. The van der Waals surface area contributed by atoms with Gasteiger partial charge in [0.1, 0.15) is 0 Å². The first-order valence-electron chi connectivity index (χ1n) is 8.81. The van der Waals surface area contributed by atoms with Gasteiger partial charge in [-0.1, -0.05) is 49.9 Å². The van der Waals surface area contributed by atoms with Crippen molar-refractivity contribution in [1.82, 2.24) is 10.6 Å². The smallest absolute Gasteiger partial charge is 0.0395 e. The van der Waals surface area contributed by atoms with Crippen LogP contribution in [0.4, 0.5) is 0 Å². The van der Waals surface area contributed by atoms with Crippen molar-refractivity contribution < 1.29 is 0 Å². The Hall–Kier alpha value is -1.48. The molecule has 1 fully saturated rings. The van der Waals surface area contributed by atoms with Gasteiger partial charge in [-0.05, 0) is 42.9 Å². The lowest BCUT2D eigenvalue weighted by Crippen LogP contribution is -2.13. The third-order valence-electron chi connectivity index (χ3n) is 4.46. The Bertz CT molecular complexity index is 417. The van der Waals surface area contributed by atoms with E-state index in [4.69, 9.17) is 5.73 Å². The molecule has 1 saturated carbocycles. The van der Waals surface area contributed by atoms with E-state index in [0.717, 1.165) is 32.0 Å². The molecule has 0 atom stereocenters. The first-order chi connectivity index (χ1) is 10.9. The van der Waals surface area contributed by atoms with Crippen LogP contribution in [-0.4, -0.2) is 13.1 Å². The van der Waals surface area contributed by atoms with Crippen LogP contribution in [0.2, 0.25) is 0 Å². The van der Waals surface area contributed by atoms with Crippen LogP contribution in [0.25, 0.3) is 0 Å². The van der Waals surface area contributed by atoms with Gasteiger partial charge < -0.3 is 16.4 Å². The minimum atomic E-state index is 0.738. The van der Waals surface area contributed by atoms with Gasteiger partial charge in [-0.15, -0.1) is 0 Å². The molecule has 1 aromatic carbocycles. The van der Waals surface area contributed by atoms with Gasteiger partial charge in [-0.3, -0.25) is 0 Å². The lowest BCUT2D eigenvalue weighted by Gasteiger charge is -2.15. The molecule has 0 aromatic heterocycles. The monoisotopic (exact) mass is 301 g/mol. The van der Waals surface area contributed by atoms with Crippen LogP contribution in [0, 0.1) is 0 Å². The lowest BCUT2D eigenvalue weighted by molar-refractivity contribution is 0.592. The van der Waals surface area contributed by atoms with Crippen LogP contribution < -0.4 is 16.4 Å². The van der Waals surface area contributed by atoms with Crippen molar-refractivity contribution in [2.45, 2.75) is 57.4 Å². The van der Waals surface area contributed by atoms with E-state index in [9.17, 15) is 0 Å². The Morgan fingerprint density at radius 1 is 0.955 bits per heavy atom. The van der Waals surface area contributed by atoms with Gasteiger partial charge in [0.2, 0.25) is 0 Å². The molecule has 0 amide bonds. The van der Waals surface area contributed by atoms with E-state index in [-0.39, 0.29) is 0 Å². The molecule has 0 bridgehead atoms. The molecule has 0 heterocycles. The highest BCUT2D eigenvalue weighted by Crippen LogP contribution is 2.31. The zero-order chi connectivity index (χ0) is 15.5. The average molecular weight is 301 g/mol. The van der Waals surface area contributed by atoms with Crippen LogP contribution in [0.3, 0.4) is 0 Å². The van der Waals surface area contributed by atoms with Crippen molar-refractivity contribution in [2.75, 3.05) is 13.1 Å². The van der Waals surface area contributed by atoms with E-state index < -0.39 is 0 Å². The summed E-state index contributed by atoms with van der Waals surface area (Å²) in [7, 11) is 0. The van der Waals surface area contributed by atoms with Gasteiger partial charge in [0.25, 0.3) is 0 Å². The van der Waals surface area contributed by atoms with Crippen molar-refractivity contribution >= 4 is 0 Å². The number of hydrogen-bond acceptors (Lipinski definition) is 3. The Kier molecular flexibility index (Phi) is 7.89. The predicted octanol–water partition coefficient (Wildman–Crippen LogP) is 3.62. The standard InChI is InChI=1S/C19H31N3/c20-12-5-13-21-14-15-22-16-17-8-10-19(11-9-17)18-6-3-1-2-4-7-18/h8-11,14-15,18,21-22H,1-7,12-13,16,20H2/b15-14+. The highest BCUT2D eigenvalue weighted by Gasteiger charge is 2.13. The normalized spacial score (nSPS) is 16.6. The minimum Gasteiger partial charge on any atom is -0.390 e. The summed E-state index contributed by atoms with van der Waals surface area (Å²) in [5, 5.41) is 6.52. The van der Waals surface area contributed by atoms with Crippen LogP contribution >= 0.6 is 0 Å². The summed E-state index contributed by atoms with van der Waals surface area (Å²) < 4.78 is 0. The van der Waals surface area contributed by atoms with Crippen LogP contribution in [0.15, 0.2) is 36.7 Å². The predicted molar refractivity (Wildman–Crippen MR) is 94.5 cm³/mol. The SMILES string of the molecule is NCCCN/C=C/NCc1ccc(C2CCCCCC2)cc1. The Morgan fingerprint density at radius 2 is 1.64 bits per heavy atom. The maximum atomic E-state index is 5.44. The largest absolute Gasteiger partial charge is 0.390 e. The second-order valence-corrected chi connectivity index (χ2v) is 6.24.